The highest BCUT2D eigenvalue weighted by molar-refractivity contribution is 6.62. The largest absolute Gasteiger partial charge is 0.504 e. The summed E-state index contributed by atoms with van der Waals surface area (Å²) in [5.41, 5.74) is -4.74. The number of rotatable bonds is 2. The zero-order valence-corrected chi connectivity index (χ0v) is 15.9. The molecule has 3 aromatic carbocycles. The first-order valence-electron chi connectivity index (χ1n) is 8.74. The molecule has 0 aliphatic carbocycles. The first-order chi connectivity index (χ1) is 15.3. The van der Waals surface area contributed by atoms with Crippen LogP contribution in [0.3, 0.4) is 0 Å². The van der Waals surface area contributed by atoms with E-state index in [2.05, 4.69) is 0 Å². The standard InChI is InChI=1S/C18H12B2O13/c19-5-1(2-8(22)14(28)16(30)15(29)9(2)23)7(21)10(24)3-4-11(25)12(26)6(20(31)32)13(27)18(4)33-17(3)5/h21-32H. The summed E-state index contributed by atoms with van der Waals surface area (Å²) in [7, 11) is 3.49. The predicted molar refractivity (Wildman–Crippen MR) is 111 cm³/mol. The van der Waals surface area contributed by atoms with Gasteiger partial charge in [0.2, 0.25) is 17.2 Å². The van der Waals surface area contributed by atoms with Gasteiger partial charge >= 0.3 is 7.12 Å². The Morgan fingerprint density at radius 1 is 0.485 bits per heavy atom. The Morgan fingerprint density at radius 2 is 0.909 bits per heavy atom. The molecule has 13 nitrogen and oxygen atoms in total. The average Bonchev–Trinajstić information content (AvgIpc) is 3.17. The lowest BCUT2D eigenvalue weighted by Crippen LogP contribution is -2.30. The molecule has 4 rings (SSSR count). The van der Waals surface area contributed by atoms with Gasteiger partial charge in [0, 0.05) is 5.56 Å². The lowest BCUT2D eigenvalue weighted by molar-refractivity contribution is 0.329. The van der Waals surface area contributed by atoms with Gasteiger partial charge in [0.1, 0.15) is 13.4 Å². The van der Waals surface area contributed by atoms with E-state index in [1.165, 1.54) is 0 Å². The van der Waals surface area contributed by atoms with Crippen molar-refractivity contribution in [2.75, 3.05) is 0 Å². The molecule has 0 atom stereocenters. The van der Waals surface area contributed by atoms with Crippen LogP contribution in [0.25, 0.3) is 33.1 Å². The van der Waals surface area contributed by atoms with E-state index in [1.54, 1.807) is 0 Å². The maximum atomic E-state index is 10.6. The summed E-state index contributed by atoms with van der Waals surface area (Å²) in [5.74, 6) is -12.2. The van der Waals surface area contributed by atoms with Gasteiger partial charge < -0.3 is 65.5 Å². The van der Waals surface area contributed by atoms with E-state index in [9.17, 15) is 61.1 Å². The van der Waals surface area contributed by atoms with Gasteiger partial charge in [-0.15, -0.1) is 0 Å². The van der Waals surface area contributed by atoms with E-state index in [1.807, 2.05) is 0 Å². The molecule has 0 unspecified atom stereocenters. The highest BCUT2D eigenvalue weighted by Crippen LogP contribution is 2.58. The molecule has 0 saturated heterocycles. The lowest BCUT2D eigenvalue weighted by atomic mass is 9.77. The minimum atomic E-state index is -2.47. The molecule has 0 aliphatic heterocycles. The zero-order valence-electron chi connectivity index (χ0n) is 15.9. The minimum absolute atomic E-state index is 0.586. The van der Waals surface area contributed by atoms with Crippen LogP contribution in [0.4, 0.5) is 0 Å². The van der Waals surface area contributed by atoms with E-state index >= 15 is 0 Å². The average molecular weight is 458 g/mol. The smallest absolute Gasteiger partial charge is 0.496 e. The number of fused-ring (bicyclic) bond motifs is 3. The molecular formula is C18H12B2O13. The Bertz CT molecular complexity index is 1480. The summed E-state index contributed by atoms with van der Waals surface area (Å²) in [4.78, 5) is 0. The van der Waals surface area contributed by atoms with Gasteiger partial charge in [-0.2, -0.15) is 0 Å². The van der Waals surface area contributed by atoms with Crippen molar-refractivity contribution < 1.29 is 65.5 Å². The Labute approximate surface area is 182 Å². The zero-order chi connectivity index (χ0) is 24.7. The summed E-state index contributed by atoms with van der Waals surface area (Å²) >= 11 is 0. The fourth-order valence-corrected chi connectivity index (χ4v) is 3.62. The maximum Gasteiger partial charge on any atom is 0.496 e. The molecule has 0 amide bonds. The number of phenols is 10. The van der Waals surface area contributed by atoms with E-state index < -0.39 is 109 Å². The number of benzene rings is 3. The monoisotopic (exact) mass is 458 g/mol. The summed E-state index contributed by atoms with van der Waals surface area (Å²) < 4.78 is 5.33. The summed E-state index contributed by atoms with van der Waals surface area (Å²) in [5, 5.41) is 119. The van der Waals surface area contributed by atoms with Crippen LogP contribution in [0.5, 0.6) is 57.5 Å². The van der Waals surface area contributed by atoms with Crippen molar-refractivity contribution in [3.8, 4) is 68.6 Å². The van der Waals surface area contributed by atoms with Crippen molar-refractivity contribution >= 4 is 47.8 Å². The number of aromatic hydroxyl groups is 10. The third-order valence-corrected chi connectivity index (χ3v) is 5.19. The SMILES string of the molecule is [B]c1c(-c2c(O)c(O)c(O)c(O)c2O)c(O)c(O)c2c1oc1c(O)c(B(O)O)c(O)c(O)c12. The van der Waals surface area contributed by atoms with Crippen molar-refractivity contribution in [2.45, 2.75) is 0 Å². The number of hydrogen-bond acceptors (Lipinski definition) is 13. The molecule has 33 heavy (non-hydrogen) atoms. The van der Waals surface area contributed by atoms with Gasteiger partial charge in [-0.25, -0.2) is 0 Å². The first kappa shape index (κ1) is 21.7. The van der Waals surface area contributed by atoms with Gasteiger partial charge in [0.25, 0.3) is 0 Å². The van der Waals surface area contributed by atoms with Gasteiger partial charge in [0.15, 0.2) is 45.8 Å². The fraction of sp³-hybridized carbons (Fsp3) is 0. The number of furan rings is 1. The molecule has 168 valence electrons. The molecule has 15 heteroatoms. The van der Waals surface area contributed by atoms with Crippen LogP contribution in [0, 0.1) is 0 Å². The summed E-state index contributed by atoms with van der Waals surface area (Å²) in [6.07, 6.45) is 0. The third kappa shape index (κ3) is 2.57. The Hall–Kier alpha value is -4.49. The number of hydrogen-bond donors (Lipinski definition) is 12. The Kier molecular flexibility index (Phi) is 4.45. The highest BCUT2D eigenvalue weighted by Gasteiger charge is 2.34. The van der Waals surface area contributed by atoms with Crippen molar-refractivity contribution in [3.05, 3.63) is 0 Å². The number of phenolic OH excluding ortho intramolecular Hbond substituents is 10. The molecule has 1 aromatic heterocycles. The minimum Gasteiger partial charge on any atom is -0.504 e. The van der Waals surface area contributed by atoms with E-state index in [0.29, 0.717) is 0 Å². The van der Waals surface area contributed by atoms with Gasteiger partial charge in [-0.05, 0) is 5.46 Å². The molecule has 2 radical (unpaired) electrons. The molecule has 12 N–H and O–H groups in total. The van der Waals surface area contributed by atoms with Crippen LogP contribution in [0.15, 0.2) is 4.42 Å². The summed E-state index contributed by atoms with van der Waals surface area (Å²) in [6.45, 7) is 0. The van der Waals surface area contributed by atoms with E-state index in [0.717, 1.165) is 0 Å². The predicted octanol–water partition coefficient (Wildman–Crippen LogP) is -1.22. The Balaban J connectivity index is 2.25. The van der Waals surface area contributed by atoms with Crippen LogP contribution < -0.4 is 10.9 Å². The van der Waals surface area contributed by atoms with Crippen LogP contribution in [-0.2, 0) is 0 Å². The quantitative estimate of drug-likeness (QED) is 0.0957. The van der Waals surface area contributed by atoms with Crippen molar-refractivity contribution in [2.24, 2.45) is 0 Å². The second-order valence-electron chi connectivity index (χ2n) is 6.95. The molecule has 0 bridgehead atoms. The van der Waals surface area contributed by atoms with Crippen LogP contribution in [-0.4, -0.2) is 76.1 Å². The molecular weight excluding hydrogens is 446 g/mol. The molecule has 0 fully saturated rings. The second kappa shape index (κ2) is 6.75. The van der Waals surface area contributed by atoms with Crippen LogP contribution in [0.1, 0.15) is 0 Å². The van der Waals surface area contributed by atoms with Crippen LogP contribution >= 0.6 is 0 Å². The Morgan fingerprint density at radius 3 is 1.42 bits per heavy atom. The fourth-order valence-electron chi connectivity index (χ4n) is 3.62. The van der Waals surface area contributed by atoms with Gasteiger partial charge in [-0.1, -0.05) is 0 Å². The van der Waals surface area contributed by atoms with Crippen molar-refractivity contribution in [3.63, 3.8) is 0 Å². The third-order valence-electron chi connectivity index (χ3n) is 5.19. The van der Waals surface area contributed by atoms with Crippen LogP contribution in [0.2, 0.25) is 0 Å². The summed E-state index contributed by atoms with van der Waals surface area (Å²) in [6, 6.07) is 0. The second-order valence-corrected chi connectivity index (χ2v) is 6.95. The maximum absolute atomic E-state index is 10.6. The van der Waals surface area contributed by atoms with Crippen molar-refractivity contribution in [1.29, 1.82) is 0 Å². The first-order valence-corrected chi connectivity index (χ1v) is 8.74. The topological polar surface area (TPSA) is 256 Å². The highest BCUT2D eigenvalue weighted by atomic mass is 16.4. The molecule has 4 aromatic rings. The van der Waals surface area contributed by atoms with E-state index in [4.69, 9.17) is 12.3 Å². The van der Waals surface area contributed by atoms with Gasteiger partial charge in [0.05, 0.1) is 21.8 Å². The van der Waals surface area contributed by atoms with E-state index in [-0.39, 0.29) is 0 Å². The molecule has 1 heterocycles. The molecule has 0 spiro atoms. The molecule has 0 aliphatic rings. The van der Waals surface area contributed by atoms with Crippen molar-refractivity contribution in [1.82, 2.24) is 0 Å². The normalized spacial score (nSPS) is 11.5. The molecule has 0 saturated carbocycles. The lowest BCUT2D eigenvalue weighted by Gasteiger charge is -2.17. The van der Waals surface area contributed by atoms with Gasteiger partial charge in [-0.3, -0.25) is 0 Å².